The van der Waals surface area contributed by atoms with Crippen LogP contribution in [0.3, 0.4) is 0 Å². The molecule has 2 aromatic carbocycles. The van der Waals surface area contributed by atoms with Gasteiger partial charge in [0.15, 0.2) is 0 Å². The first kappa shape index (κ1) is 29.0. The van der Waals surface area contributed by atoms with Gasteiger partial charge < -0.3 is 20.4 Å². The molecule has 0 aromatic heterocycles. The number of allylic oxidation sites excluding steroid dienone is 2. The van der Waals surface area contributed by atoms with Crippen molar-refractivity contribution in [2.45, 2.75) is 65.2 Å². The van der Waals surface area contributed by atoms with Crippen molar-refractivity contribution in [3.05, 3.63) is 103 Å². The molecule has 0 N–H and O–H groups in total. The molecule has 0 saturated heterocycles. The fourth-order valence-electron chi connectivity index (χ4n) is 3.73. The van der Waals surface area contributed by atoms with Gasteiger partial charge in [-0.2, -0.15) is 0 Å². The number of rotatable bonds is 10. The largest absolute Gasteiger partial charge is 2.00 e. The Morgan fingerprint density at radius 1 is 0.677 bits per heavy atom. The van der Waals surface area contributed by atoms with Crippen molar-refractivity contribution in [1.29, 1.82) is 0 Å². The molecule has 3 heteroatoms. The second-order valence-corrected chi connectivity index (χ2v) is 7.73. The minimum Gasteiger partial charge on any atom is -0.493 e. The topological polar surface area (TPSA) is 25.3 Å². The van der Waals surface area contributed by atoms with Crippen LogP contribution in [-0.2, 0) is 29.3 Å². The van der Waals surface area contributed by atoms with Crippen molar-refractivity contribution in [3.63, 3.8) is 0 Å². The normalized spacial score (nSPS) is 12.3. The number of hydrogen-bond acceptors (Lipinski definition) is 0. The van der Waals surface area contributed by atoms with Gasteiger partial charge in [-0.25, -0.2) is 4.70 Å². The minimum atomic E-state index is 0. The summed E-state index contributed by atoms with van der Waals surface area (Å²) >= 11 is 0. The molecule has 0 amide bonds. The Hall–Kier alpha value is -1.99. The molecular weight excluding hydrogens is 423 g/mol. The predicted molar refractivity (Wildman–Crippen MR) is 132 cm³/mol. The van der Waals surface area contributed by atoms with E-state index in [0.29, 0.717) is 0 Å². The van der Waals surface area contributed by atoms with E-state index in [1.807, 2.05) is 12.2 Å². The number of benzene rings is 2. The maximum absolute atomic E-state index is 10.8. The van der Waals surface area contributed by atoms with Gasteiger partial charge in [0.05, 0.1) is 0 Å². The van der Waals surface area contributed by atoms with E-state index >= 15 is 0 Å². The minimum absolute atomic E-state index is 0. The number of aryl methyl sites for hydroxylation is 2. The molecule has 1 heterocycles. The standard InChI is InChI=1S/C26H32N2.2CH3.Ni/c1-3-5-7-8-11-22-12-9-13-24(20-22)26-19-18-25(28(26)27)23-16-14-21(15-17-23)10-6-4-2;;;/h9,12-20H,3-8,10-11H2,1-2H3;2*1H3;/q;2*-1;+2. The predicted octanol–water partition coefficient (Wildman–Crippen LogP) is 8.48. The molecule has 0 fully saturated rings. The molecule has 1 aliphatic rings. The molecule has 2 nitrogen and oxygen atoms in total. The van der Waals surface area contributed by atoms with Gasteiger partial charge in [-0.1, -0.05) is 63.8 Å². The third-order valence-electron chi connectivity index (χ3n) is 5.47. The van der Waals surface area contributed by atoms with Crippen LogP contribution in [0.2, 0.25) is 0 Å². The van der Waals surface area contributed by atoms with Gasteiger partial charge in [-0.3, -0.25) is 0 Å². The number of nitrogens with zero attached hydrogens (tertiary/aromatic N) is 2. The monoisotopic (exact) mass is 460 g/mol. The van der Waals surface area contributed by atoms with Crippen LogP contribution in [0.25, 0.3) is 16.9 Å². The van der Waals surface area contributed by atoms with Crippen molar-refractivity contribution < 1.29 is 21.2 Å². The molecule has 31 heavy (non-hydrogen) atoms. The first-order chi connectivity index (χ1) is 13.7. The second-order valence-electron chi connectivity index (χ2n) is 7.73. The van der Waals surface area contributed by atoms with Crippen LogP contribution in [0.5, 0.6) is 0 Å². The maximum Gasteiger partial charge on any atom is 2.00 e. The SMILES string of the molecule is CCCCCCc1cccc(C2=CC=C(c3ccc(CCCC)cc3)[N+]2=[N-])c1.[CH3-].[CH3-].[Ni+2]. The van der Waals surface area contributed by atoms with Crippen molar-refractivity contribution in [3.8, 4) is 0 Å². The zero-order valence-electron chi connectivity index (χ0n) is 19.6. The van der Waals surface area contributed by atoms with Gasteiger partial charge >= 0.3 is 16.5 Å². The Labute approximate surface area is 200 Å². The zero-order valence-corrected chi connectivity index (χ0v) is 20.6. The van der Waals surface area contributed by atoms with Crippen LogP contribution >= 0.6 is 0 Å². The second kappa shape index (κ2) is 14.9. The van der Waals surface area contributed by atoms with Crippen LogP contribution in [-0.4, -0.2) is 4.70 Å². The van der Waals surface area contributed by atoms with E-state index in [2.05, 4.69) is 62.4 Å². The van der Waals surface area contributed by atoms with E-state index in [9.17, 15) is 5.53 Å². The fourth-order valence-corrected chi connectivity index (χ4v) is 3.73. The van der Waals surface area contributed by atoms with Crippen LogP contribution in [0.4, 0.5) is 0 Å². The van der Waals surface area contributed by atoms with Crippen LogP contribution in [0, 0.1) is 14.9 Å². The first-order valence-electron chi connectivity index (χ1n) is 10.8. The zero-order chi connectivity index (χ0) is 19.8. The molecule has 1 aliphatic heterocycles. The summed E-state index contributed by atoms with van der Waals surface area (Å²) in [5.74, 6) is 0. The third kappa shape index (κ3) is 7.89. The summed E-state index contributed by atoms with van der Waals surface area (Å²) in [5, 5.41) is 0. The number of hydrogen-bond donors (Lipinski definition) is 0. The molecule has 0 saturated carbocycles. The van der Waals surface area contributed by atoms with Gasteiger partial charge in [0.1, 0.15) is 0 Å². The summed E-state index contributed by atoms with van der Waals surface area (Å²) in [5.41, 5.74) is 17.3. The van der Waals surface area contributed by atoms with E-state index < -0.39 is 0 Å². The van der Waals surface area contributed by atoms with Crippen LogP contribution in [0.1, 0.15) is 74.6 Å². The van der Waals surface area contributed by atoms with Gasteiger partial charge in [-0.05, 0) is 61.1 Å². The van der Waals surface area contributed by atoms with Crippen LogP contribution in [0.15, 0.2) is 60.7 Å². The van der Waals surface area contributed by atoms with E-state index in [0.717, 1.165) is 35.4 Å². The Bertz CT molecular complexity index is 863. The summed E-state index contributed by atoms with van der Waals surface area (Å²) in [6, 6.07) is 17.2. The smallest absolute Gasteiger partial charge is 0.493 e. The summed E-state index contributed by atoms with van der Waals surface area (Å²) in [6.45, 7) is 4.46. The van der Waals surface area contributed by atoms with Crippen molar-refractivity contribution in [1.82, 2.24) is 0 Å². The van der Waals surface area contributed by atoms with E-state index in [1.54, 1.807) is 0 Å². The van der Waals surface area contributed by atoms with Crippen LogP contribution < -0.4 is 0 Å². The molecular formula is C28H38N2Ni. The number of unbranched alkanes of at least 4 members (excludes halogenated alkanes) is 4. The van der Waals surface area contributed by atoms with Crippen molar-refractivity contribution >= 4 is 11.4 Å². The van der Waals surface area contributed by atoms with Gasteiger partial charge in [0.25, 0.3) is 0 Å². The van der Waals surface area contributed by atoms with Gasteiger partial charge in [0, 0.05) is 23.3 Å². The fraction of sp³-hybridized carbons (Fsp3) is 0.357. The Balaban J connectivity index is 0.00000300. The first-order valence-corrected chi connectivity index (χ1v) is 10.8. The molecule has 0 unspecified atom stereocenters. The summed E-state index contributed by atoms with van der Waals surface area (Å²) < 4.78 is 1.33. The van der Waals surface area contributed by atoms with E-state index in [4.69, 9.17) is 0 Å². The molecule has 2 aromatic rings. The average molecular weight is 461 g/mol. The summed E-state index contributed by atoms with van der Waals surface area (Å²) in [7, 11) is 0. The van der Waals surface area contributed by atoms with Gasteiger partial charge in [-0.15, -0.1) is 0 Å². The van der Waals surface area contributed by atoms with E-state index in [1.165, 1.54) is 54.3 Å². The molecule has 0 aliphatic carbocycles. The average Bonchev–Trinajstić information content (AvgIpc) is 3.11. The molecule has 0 radical (unpaired) electrons. The molecule has 0 bridgehead atoms. The Morgan fingerprint density at radius 2 is 1.29 bits per heavy atom. The summed E-state index contributed by atoms with van der Waals surface area (Å²) in [4.78, 5) is 0. The quantitative estimate of drug-likeness (QED) is 0.147. The molecule has 170 valence electrons. The van der Waals surface area contributed by atoms with E-state index in [-0.39, 0.29) is 31.3 Å². The van der Waals surface area contributed by atoms with Gasteiger partial charge in [0.2, 0.25) is 11.4 Å². The molecule has 0 spiro atoms. The molecule has 3 rings (SSSR count). The third-order valence-corrected chi connectivity index (χ3v) is 5.47. The molecule has 0 atom stereocenters. The Morgan fingerprint density at radius 3 is 1.94 bits per heavy atom. The maximum atomic E-state index is 10.8. The Kier molecular flexibility index (Phi) is 14.0. The van der Waals surface area contributed by atoms with Crippen molar-refractivity contribution in [2.24, 2.45) is 0 Å². The summed E-state index contributed by atoms with van der Waals surface area (Å²) in [6.07, 6.45) is 13.7. The van der Waals surface area contributed by atoms with Crippen molar-refractivity contribution in [2.75, 3.05) is 0 Å².